The van der Waals surface area contributed by atoms with Gasteiger partial charge in [0.1, 0.15) is 11.6 Å². The molecule has 1 aliphatic carbocycles. The van der Waals surface area contributed by atoms with Crippen molar-refractivity contribution in [2.45, 2.75) is 24.8 Å². The Morgan fingerprint density at radius 3 is 2.87 bits per heavy atom. The summed E-state index contributed by atoms with van der Waals surface area (Å²) in [6, 6.07) is 3.25. The van der Waals surface area contributed by atoms with Gasteiger partial charge in [0.2, 0.25) is 0 Å². The Hall–Kier alpha value is -1.09. The lowest BCUT2D eigenvalue weighted by molar-refractivity contribution is 0.394. The van der Waals surface area contributed by atoms with E-state index in [1.807, 2.05) is 0 Å². The van der Waals surface area contributed by atoms with Crippen molar-refractivity contribution in [2.24, 2.45) is 0 Å². The minimum absolute atomic E-state index is 0.0650. The van der Waals surface area contributed by atoms with E-state index in [1.165, 1.54) is 6.07 Å². The molecule has 2 aliphatic rings. The normalized spacial score (nSPS) is 21.2. The molecule has 1 aromatic carbocycles. The predicted molar refractivity (Wildman–Crippen MR) is 55.6 cm³/mol. The summed E-state index contributed by atoms with van der Waals surface area (Å²) in [5.74, 6) is 0.745. The average Bonchev–Trinajstić information content (AvgIpc) is 2.99. The summed E-state index contributed by atoms with van der Waals surface area (Å²) in [7, 11) is 1.64. The first-order valence-corrected chi connectivity index (χ1v) is 5.33. The van der Waals surface area contributed by atoms with Gasteiger partial charge >= 0.3 is 0 Å². The highest BCUT2D eigenvalue weighted by atomic mass is 19.1. The Bertz CT molecular complexity index is 412. The molecule has 0 bridgehead atoms. The van der Waals surface area contributed by atoms with E-state index in [4.69, 9.17) is 4.74 Å². The number of rotatable bonds is 1. The lowest BCUT2D eigenvalue weighted by Gasteiger charge is -2.28. The summed E-state index contributed by atoms with van der Waals surface area (Å²) in [5, 5.41) is 3.35. The maximum absolute atomic E-state index is 13.8. The molecule has 0 saturated heterocycles. The van der Waals surface area contributed by atoms with Gasteiger partial charge < -0.3 is 10.1 Å². The van der Waals surface area contributed by atoms with Crippen LogP contribution in [0.5, 0.6) is 5.75 Å². The van der Waals surface area contributed by atoms with Gasteiger partial charge in [-0.25, -0.2) is 4.39 Å². The van der Waals surface area contributed by atoms with Crippen LogP contribution in [0.4, 0.5) is 4.39 Å². The molecule has 0 radical (unpaired) electrons. The van der Waals surface area contributed by atoms with Crippen LogP contribution in [0.1, 0.15) is 24.0 Å². The molecule has 1 spiro atoms. The topological polar surface area (TPSA) is 21.3 Å². The van der Waals surface area contributed by atoms with Crippen molar-refractivity contribution in [3.63, 3.8) is 0 Å². The van der Waals surface area contributed by atoms with Crippen LogP contribution in [0, 0.1) is 5.82 Å². The molecule has 1 heterocycles. The van der Waals surface area contributed by atoms with Crippen molar-refractivity contribution >= 4 is 0 Å². The van der Waals surface area contributed by atoms with Gasteiger partial charge in [0.05, 0.1) is 7.11 Å². The molecular weight excluding hydrogens is 193 g/mol. The molecule has 1 aliphatic heterocycles. The predicted octanol–water partition coefficient (Wildman–Crippen LogP) is 1.97. The van der Waals surface area contributed by atoms with Gasteiger partial charge in [-0.15, -0.1) is 0 Å². The van der Waals surface area contributed by atoms with E-state index in [0.717, 1.165) is 42.8 Å². The van der Waals surface area contributed by atoms with Crippen LogP contribution in [0.15, 0.2) is 12.1 Å². The van der Waals surface area contributed by atoms with E-state index in [0.29, 0.717) is 0 Å². The molecule has 3 heteroatoms. The zero-order valence-corrected chi connectivity index (χ0v) is 8.77. The lowest BCUT2D eigenvalue weighted by Crippen LogP contribution is -2.34. The van der Waals surface area contributed by atoms with Gasteiger partial charge in [-0.05, 0) is 25.0 Å². The molecule has 1 saturated carbocycles. The number of hydrogen-bond donors (Lipinski definition) is 1. The Kier molecular flexibility index (Phi) is 1.80. The summed E-state index contributed by atoms with van der Waals surface area (Å²) >= 11 is 0. The first-order valence-electron chi connectivity index (χ1n) is 5.33. The van der Waals surface area contributed by atoms with Crippen molar-refractivity contribution in [2.75, 3.05) is 13.7 Å². The summed E-state index contributed by atoms with van der Waals surface area (Å²) in [5.41, 5.74) is 1.99. The van der Waals surface area contributed by atoms with E-state index in [9.17, 15) is 4.39 Å². The zero-order valence-electron chi connectivity index (χ0n) is 8.77. The third-order valence-corrected chi connectivity index (χ3v) is 3.59. The highest BCUT2D eigenvalue weighted by molar-refractivity contribution is 5.49. The monoisotopic (exact) mass is 207 g/mol. The molecule has 15 heavy (non-hydrogen) atoms. The number of ether oxygens (including phenoxy) is 1. The Labute approximate surface area is 88.4 Å². The zero-order chi connectivity index (χ0) is 10.5. The fourth-order valence-corrected chi connectivity index (χ4v) is 2.63. The highest BCUT2D eigenvalue weighted by Crippen LogP contribution is 2.52. The molecule has 0 unspecified atom stereocenters. The fourth-order valence-electron chi connectivity index (χ4n) is 2.63. The number of fused-ring (bicyclic) bond motifs is 2. The standard InChI is InChI=1S/C12H14FNO/c1-15-10-3-2-9(13)11-8(10)6-14-7-12(11)4-5-12/h2-3,14H,4-7H2,1H3. The molecule has 80 valence electrons. The minimum Gasteiger partial charge on any atom is -0.496 e. The molecule has 2 nitrogen and oxygen atoms in total. The second-order valence-electron chi connectivity index (χ2n) is 4.49. The molecule has 1 aromatic rings. The fraction of sp³-hybridized carbons (Fsp3) is 0.500. The molecule has 0 amide bonds. The summed E-state index contributed by atoms with van der Waals surface area (Å²) in [6.45, 7) is 1.63. The van der Waals surface area contributed by atoms with E-state index < -0.39 is 0 Å². The van der Waals surface area contributed by atoms with Crippen LogP contribution in [0.3, 0.4) is 0 Å². The van der Waals surface area contributed by atoms with Crippen LogP contribution in [0.2, 0.25) is 0 Å². The smallest absolute Gasteiger partial charge is 0.127 e. The SMILES string of the molecule is COc1ccc(F)c2c1CNCC21CC1. The van der Waals surface area contributed by atoms with E-state index in [2.05, 4.69) is 5.32 Å². The van der Waals surface area contributed by atoms with Crippen LogP contribution in [-0.4, -0.2) is 13.7 Å². The molecule has 1 N–H and O–H groups in total. The maximum Gasteiger partial charge on any atom is 0.127 e. The molecule has 0 aromatic heterocycles. The second-order valence-corrected chi connectivity index (χ2v) is 4.49. The Morgan fingerprint density at radius 1 is 1.40 bits per heavy atom. The highest BCUT2D eigenvalue weighted by Gasteiger charge is 2.49. The van der Waals surface area contributed by atoms with Gasteiger partial charge in [-0.3, -0.25) is 0 Å². The van der Waals surface area contributed by atoms with E-state index in [-0.39, 0.29) is 11.2 Å². The van der Waals surface area contributed by atoms with Crippen molar-refractivity contribution in [1.29, 1.82) is 0 Å². The average molecular weight is 207 g/mol. The van der Waals surface area contributed by atoms with Crippen molar-refractivity contribution < 1.29 is 9.13 Å². The maximum atomic E-state index is 13.8. The Morgan fingerprint density at radius 2 is 2.20 bits per heavy atom. The molecule has 0 atom stereocenters. The van der Waals surface area contributed by atoms with Crippen molar-refractivity contribution in [1.82, 2.24) is 5.32 Å². The second kappa shape index (κ2) is 2.95. The lowest BCUT2D eigenvalue weighted by atomic mass is 9.87. The quantitative estimate of drug-likeness (QED) is 0.760. The number of halogens is 1. The first kappa shape index (κ1) is 9.16. The van der Waals surface area contributed by atoms with Crippen molar-refractivity contribution in [3.8, 4) is 5.75 Å². The molecular formula is C12H14FNO. The van der Waals surface area contributed by atoms with Crippen LogP contribution >= 0.6 is 0 Å². The van der Waals surface area contributed by atoms with Crippen LogP contribution < -0.4 is 10.1 Å². The number of nitrogens with one attached hydrogen (secondary N) is 1. The van der Waals surface area contributed by atoms with E-state index in [1.54, 1.807) is 13.2 Å². The van der Waals surface area contributed by atoms with E-state index >= 15 is 0 Å². The Balaban J connectivity index is 2.21. The minimum atomic E-state index is -0.0650. The number of benzene rings is 1. The van der Waals surface area contributed by atoms with Gasteiger partial charge in [-0.2, -0.15) is 0 Å². The largest absolute Gasteiger partial charge is 0.496 e. The number of hydrogen-bond acceptors (Lipinski definition) is 2. The summed E-state index contributed by atoms with van der Waals surface area (Å²) in [6.07, 6.45) is 2.19. The van der Waals surface area contributed by atoms with Gasteiger partial charge in [-0.1, -0.05) is 0 Å². The third kappa shape index (κ3) is 1.19. The summed E-state index contributed by atoms with van der Waals surface area (Å²) in [4.78, 5) is 0. The molecule has 3 rings (SSSR count). The third-order valence-electron chi connectivity index (χ3n) is 3.59. The first-order chi connectivity index (χ1) is 7.27. The number of methoxy groups -OCH3 is 1. The van der Waals surface area contributed by atoms with Crippen LogP contribution in [-0.2, 0) is 12.0 Å². The van der Waals surface area contributed by atoms with Crippen molar-refractivity contribution in [3.05, 3.63) is 29.1 Å². The summed E-state index contributed by atoms with van der Waals surface area (Å²) < 4.78 is 19.1. The van der Waals surface area contributed by atoms with Crippen LogP contribution in [0.25, 0.3) is 0 Å². The van der Waals surface area contributed by atoms with Gasteiger partial charge in [0.15, 0.2) is 0 Å². The van der Waals surface area contributed by atoms with Gasteiger partial charge in [0, 0.05) is 29.6 Å². The van der Waals surface area contributed by atoms with Gasteiger partial charge in [0.25, 0.3) is 0 Å². The molecule has 1 fully saturated rings.